The second-order valence-corrected chi connectivity index (χ2v) is 3.08. The van der Waals surface area contributed by atoms with Gasteiger partial charge in [0.25, 0.3) is 0 Å². The van der Waals surface area contributed by atoms with Gasteiger partial charge in [0.05, 0.1) is 11.8 Å². The van der Waals surface area contributed by atoms with Gasteiger partial charge in [0.1, 0.15) is 0 Å². The Hall–Kier alpha value is -0.830. The molecule has 0 saturated heterocycles. The van der Waals surface area contributed by atoms with Crippen LogP contribution in [-0.4, -0.2) is 23.5 Å². The Morgan fingerprint density at radius 3 is 2.92 bits per heavy atom. The third-order valence-electron chi connectivity index (χ3n) is 2.10. The lowest BCUT2D eigenvalue weighted by Gasteiger charge is -2.04. The van der Waals surface area contributed by atoms with Crippen LogP contribution in [0.25, 0.3) is 0 Å². The number of hydrogen-bond donors (Lipinski definition) is 2. The van der Waals surface area contributed by atoms with Crippen molar-refractivity contribution in [2.45, 2.75) is 32.8 Å². The molecule has 3 heteroatoms. The van der Waals surface area contributed by atoms with E-state index in [4.69, 9.17) is 5.73 Å². The van der Waals surface area contributed by atoms with Gasteiger partial charge >= 0.3 is 0 Å². The van der Waals surface area contributed by atoms with Crippen LogP contribution in [0.3, 0.4) is 0 Å². The molecule has 0 aromatic rings. The largest absolute Gasteiger partial charge is 0.402 e. The summed E-state index contributed by atoms with van der Waals surface area (Å²) in [6.07, 6.45) is 1.24. The zero-order valence-corrected chi connectivity index (χ0v) is 7.67. The van der Waals surface area contributed by atoms with Crippen molar-refractivity contribution in [3.05, 3.63) is 11.3 Å². The van der Waals surface area contributed by atoms with Gasteiger partial charge in [-0.2, -0.15) is 0 Å². The van der Waals surface area contributed by atoms with Crippen LogP contribution in [0.15, 0.2) is 16.3 Å². The van der Waals surface area contributed by atoms with E-state index in [0.717, 1.165) is 29.8 Å². The highest BCUT2D eigenvalue weighted by molar-refractivity contribution is 6.05. The molecular weight excluding hydrogens is 152 g/mol. The highest BCUT2D eigenvalue weighted by Gasteiger charge is 2.25. The van der Waals surface area contributed by atoms with Crippen molar-refractivity contribution < 1.29 is 5.11 Å². The van der Waals surface area contributed by atoms with Crippen molar-refractivity contribution in [3.63, 3.8) is 0 Å². The fourth-order valence-corrected chi connectivity index (χ4v) is 1.52. The Kier molecular flexibility index (Phi) is 2.87. The molecule has 1 unspecified atom stereocenters. The first-order valence-corrected chi connectivity index (χ1v) is 4.34. The second-order valence-electron chi connectivity index (χ2n) is 3.08. The standard InChI is InChI=1S/C9H16N2O/c1-3-11-9-7(6(2)10)4-5-8(9)12/h8,12H,3-5,10H2,1-2H3/b7-6+,11-9?. The lowest BCUT2D eigenvalue weighted by atomic mass is 10.1. The summed E-state index contributed by atoms with van der Waals surface area (Å²) in [6, 6.07) is 0. The first kappa shape index (κ1) is 9.26. The number of aliphatic hydroxyl groups excluding tert-OH is 1. The minimum absolute atomic E-state index is 0.390. The zero-order valence-electron chi connectivity index (χ0n) is 7.67. The van der Waals surface area contributed by atoms with Gasteiger partial charge in [-0.3, -0.25) is 4.99 Å². The summed E-state index contributed by atoms with van der Waals surface area (Å²) in [6.45, 7) is 4.53. The van der Waals surface area contributed by atoms with Crippen molar-refractivity contribution in [1.82, 2.24) is 0 Å². The highest BCUT2D eigenvalue weighted by atomic mass is 16.3. The summed E-state index contributed by atoms with van der Waals surface area (Å²) in [5.74, 6) is 0. The fraction of sp³-hybridized carbons (Fsp3) is 0.667. The molecule has 0 aliphatic heterocycles. The fourth-order valence-electron chi connectivity index (χ4n) is 1.52. The van der Waals surface area contributed by atoms with Gasteiger partial charge < -0.3 is 10.8 Å². The molecule has 1 saturated carbocycles. The summed E-state index contributed by atoms with van der Waals surface area (Å²) in [5.41, 5.74) is 8.31. The summed E-state index contributed by atoms with van der Waals surface area (Å²) in [7, 11) is 0. The maximum absolute atomic E-state index is 9.52. The average Bonchev–Trinajstić information content (AvgIpc) is 2.34. The van der Waals surface area contributed by atoms with Crippen LogP contribution in [0.4, 0.5) is 0 Å². The summed E-state index contributed by atoms with van der Waals surface area (Å²) in [5, 5.41) is 9.52. The van der Waals surface area contributed by atoms with E-state index in [-0.39, 0.29) is 0 Å². The van der Waals surface area contributed by atoms with Gasteiger partial charge in [0.15, 0.2) is 0 Å². The third-order valence-corrected chi connectivity index (χ3v) is 2.10. The molecule has 1 aliphatic rings. The Labute approximate surface area is 73.0 Å². The number of nitrogens with two attached hydrogens (primary N) is 1. The van der Waals surface area contributed by atoms with Gasteiger partial charge in [-0.25, -0.2) is 0 Å². The molecule has 1 atom stereocenters. The average molecular weight is 168 g/mol. The molecule has 0 aromatic carbocycles. The number of nitrogens with zero attached hydrogens (tertiary/aromatic N) is 1. The monoisotopic (exact) mass is 168 g/mol. The molecule has 3 nitrogen and oxygen atoms in total. The van der Waals surface area contributed by atoms with Crippen LogP contribution in [0, 0.1) is 0 Å². The molecule has 1 rings (SSSR count). The Morgan fingerprint density at radius 2 is 2.42 bits per heavy atom. The van der Waals surface area contributed by atoms with E-state index in [1.54, 1.807) is 0 Å². The molecule has 1 fully saturated rings. The van der Waals surface area contributed by atoms with Crippen LogP contribution in [-0.2, 0) is 0 Å². The van der Waals surface area contributed by atoms with Crippen LogP contribution in [0.5, 0.6) is 0 Å². The summed E-state index contributed by atoms with van der Waals surface area (Å²) >= 11 is 0. The Morgan fingerprint density at radius 1 is 1.75 bits per heavy atom. The van der Waals surface area contributed by atoms with Gasteiger partial charge in [0.2, 0.25) is 0 Å². The SMILES string of the molecule is CCN=C1/C(=C(\C)N)CCC1O. The first-order chi connectivity index (χ1) is 5.66. The van der Waals surface area contributed by atoms with Crippen LogP contribution >= 0.6 is 0 Å². The van der Waals surface area contributed by atoms with Crippen molar-refractivity contribution in [2.75, 3.05) is 6.54 Å². The molecule has 0 aromatic heterocycles. The van der Waals surface area contributed by atoms with Crippen LogP contribution in [0.2, 0.25) is 0 Å². The Balaban J connectivity index is 2.93. The van der Waals surface area contributed by atoms with E-state index in [9.17, 15) is 5.11 Å². The molecular formula is C9H16N2O. The topological polar surface area (TPSA) is 58.6 Å². The molecule has 1 aliphatic carbocycles. The summed E-state index contributed by atoms with van der Waals surface area (Å²) in [4.78, 5) is 4.24. The third kappa shape index (κ3) is 1.67. The number of aliphatic imine (C=N–C) groups is 1. The maximum Gasteiger partial charge on any atom is 0.0962 e. The number of rotatable bonds is 1. The molecule has 0 heterocycles. The summed E-state index contributed by atoms with van der Waals surface area (Å²) < 4.78 is 0. The van der Waals surface area contributed by atoms with E-state index < -0.39 is 6.10 Å². The lowest BCUT2D eigenvalue weighted by molar-refractivity contribution is 0.242. The zero-order chi connectivity index (χ0) is 9.14. The van der Waals surface area contributed by atoms with Gasteiger partial charge in [0, 0.05) is 12.2 Å². The van der Waals surface area contributed by atoms with Crippen LogP contribution in [0.1, 0.15) is 26.7 Å². The predicted octanol–water partition coefficient (Wildman–Crippen LogP) is 0.835. The minimum Gasteiger partial charge on any atom is -0.402 e. The van der Waals surface area contributed by atoms with E-state index in [1.165, 1.54) is 0 Å². The highest BCUT2D eigenvalue weighted by Crippen LogP contribution is 2.23. The Bertz CT molecular complexity index is 227. The predicted molar refractivity (Wildman–Crippen MR) is 50.1 cm³/mol. The molecule has 12 heavy (non-hydrogen) atoms. The quantitative estimate of drug-likeness (QED) is 0.609. The number of hydrogen-bond acceptors (Lipinski definition) is 3. The smallest absolute Gasteiger partial charge is 0.0962 e. The van der Waals surface area contributed by atoms with E-state index >= 15 is 0 Å². The van der Waals surface area contributed by atoms with E-state index in [2.05, 4.69) is 4.99 Å². The lowest BCUT2D eigenvalue weighted by Crippen LogP contribution is -2.16. The van der Waals surface area contributed by atoms with Gasteiger partial charge in [-0.15, -0.1) is 0 Å². The first-order valence-electron chi connectivity index (χ1n) is 4.34. The van der Waals surface area contributed by atoms with Crippen molar-refractivity contribution in [1.29, 1.82) is 0 Å². The normalized spacial score (nSPS) is 31.2. The molecule has 68 valence electrons. The minimum atomic E-state index is -0.390. The maximum atomic E-state index is 9.52. The molecule has 0 bridgehead atoms. The van der Waals surface area contributed by atoms with Crippen molar-refractivity contribution in [3.8, 4) is 0 Å². The van der Waals surface area contributed by atoms with Crippen molar-refractivity contribution in [2.24, 2.45) is 10.7 Å². The molecule has 3 N–H and O–H groups in total. The molecule has 0 spiro atoms. The van der Waals surface area contributed by atoms with Crippen molar-refractivity contribution >= 4 is 5.71 Å². The van der Waals surface area contributed by atoms with Gasteiger partial charge in [-0.1, -0.05) is 0 Å². The van der Waals surface area contributed by atoms with Crippen LogP contribution < -0.4 is 5.73 Å². The second kappa shape index (κ2) is 3.72. The number of allylic oxidation sites excluding steroid dienone is 1. The van der Waals surface area contributed by atoms with E-state index in [0.29, 0.717) is 6.54 Å². The molecule has 0 amide bonds. The number of aliphatic hydroxyl groups is 1. The van der Waals surface area contributed by atoms with Gasteiger partial charge in [-0.05, 0) is 32.3 Å². The van der Waals surface area contributed by atoms with E-state index in [1.807, 2.05) is 13.8 Å². The molecule has 0 radical (unpaired) electrons.